The van der Waals surface area contributed by atoms with Crippen molar-refractivity contribution in [2.45, 2.75) is 65.3 Å². The first-order chi connectivity index (χ1) is 11.3. The number of phenolic OH excluding ortho intramolecular Hbond substituents is 1. The molecule has 3 N–H and O–H groups in total. The molecular formula is C20H29N3O2. The Morgan fingerprint density at radius 2 is 1.60 bits per heavy atom. The molecule has 1 amide bonds. The number of nitrogens with two attached hydrogens (primary N) is 1. The molecule has 0 saturated heterocycles. The maximum Gasteiger partial charge on any atom is 0.241 e. The molecule has 1 aromatic heterocycles. The lowest BCUT2D eigenvalue weighted by molar-refractivity contribution is -0.120. The largest absolute Gasteiger partial charge is 0.507 e. The quantitative estimate of drug-likeness (QED) is 0.887. The molecule has 0 aliphatic heterocycles. The van der Waals surface area contributed by atoms with Gasteiger partial charge in [-0.05, 0) is 36.0 Å². The summed E-state index contributed by atoms with van der Waals surface area (Å²) in [6, 6.07) is 5.32. The van der Waals surface area contributed by atoms with Crippen molar-refractivity contribution in [3.8, 4) is 17.0 Å². The van der Waals surface area contributed by atoms with E-state index in [1.807, 2.05) is 18.2 Å². The highest BCUT2D eigenvalue weighted by molar-refractivity contribution is 5.78. The van der Waals surface area contributed by atoms with E-state index in [0.29, 0.717) is 5.75 Å². The second-order valence-electron chi connectivity index (χ2n) is 8.68. The molecule has 0 bridgehead atoms. The second-order valence-corrected chi connectivity index (χ2v) is 8.68. The summed E-state index contributed by atoms with van der Waals surface area (Å²) in [5, 5.41) is 15.3. The Morgan fingerprint density at radius 3 is 2.00 bits per heavy atom. The van der Waals surface area contributed by atoms with E-state index < -0.39 is 11.9 Å². The predicted molar refractivity (Wildman–Crippen MR) is 101 cm³/mol. The highest BCUT2D eigenvalue weighted by atomic mass is 16.3. The molecule has 1 heterocycles. The molecule has 2 aromatic rings. The van der Waals surface area contributed by atoms with Gasteiger partial charge in [-0.15, -0.1) is 0 Å². The van der Waals surface area contributed by atoms with Gasteiger partial charge in [-0.3, -0.25) is 9.48 Å². The SMILES string of the molecule is CC(C(N)=O)n1ccc(-c2cc(C(C)(C)C)c(O)c(C(C)(C)C)c2)n1. The van der Waals surface area contributed by atoms with Gasteiger partial charge < -0.3 is 10.8 Å². The molecule has 2 rings (SSSR count). The minimum atomic E-state index is -0.505. The third-order valence-electron chi connectivity index (χ3n) is 4.44. The summed E-state index contributed by atoms with van der Waals surface area (Å²) in [4.78, 5) is 11.4. The van der Waals surface area contributed by atoms with Crippen LogP contribution in [0.5, 0.6) is 5.75 Å². The number of aromatic nitrogens is 2. The average Bonchev–Trinajstić information content (AvgIpc) is 2.93. The molecule has 0 saturated carbocycles. The van der Waals surface area contributed by atoms with Crippen LogP contribution in [0.3, 0.4) is 0 Å². The highest BCUT2D eigenvalue weighted by Gasteiger charge is 2.27. The molecule has 0 aliphatic rings. The number of primary amides is 1. The fourth-order valence-corrected chi connectivity index (χ4v) is 2.76. The lowest BCUT2D eigenvalue weighted by atomic mass is 9.78. The zero-order valence-corrected chi connectivity index (χ0v) is 16.2. The summed E-state index contributed by atoms with van der Waals surface area (Å²) in [7, 11) is 0. The van der Waals surface area contributed by atoms with Crippen LogP contribution < -0.4 is 5.73 Å². The zero-order chi connectivity index (χ0) is 19.2. The van der Waals surface area contributed by atoms with E-state index in [0.717, 1.165) is 22.4 Å². The van der Waals surface area contributed by atoms with Crippen LogP contribution in [0, 0.1) is 0 Å². The Hall–Kier alpha value is -2.30. The van der Waals surface area contributed by atoms with Gasteiger partial charge in [-0.2, -0.15) is 5.10 Å². The predicted octanol–water partition coefficient (Wildman–Crippen LogP) is 3.90. The third kappa shape index (κ3) is 3.86. The van der Waals surface area contributed by atoms with Crippen molar-refractivity contribution < 1.29 is 9.90 Å². The standard InChI is InChI=1S/C20H29N3O2/c1-12(18(21)25)23-9-8-16(22-23)13-10-14(19(2,3)4)17(24)15(11-13)20(5,6)7/h8-12,24H,1-7H3,(H2,21,25). The smallest absolute Gasteiger partial charge is 0.241 e. The normalized spacial score (nSPS) is 13.7. The summed E-state index contributed by atoms with van der Waals surface area (Å²) in [6.45, 7) is 14.2. The zero-order valence-electron chi connectivity index (χ0n) is 16.2. The van der Waals surface area contributed by atoms with Crippen molar-refractivity contribution in [1.82, 2.24) is 9.78 Å². The Bertz CT molecular complexity index is 757. The van der Waals surface area contributed by atoms with Crippen molar-refractivity contribution >= 4 is 5.91 Å². The molecule has 136 valence electrons. The highest BCUT2D eigenvalue weighted by Crippen LogP contribution is 2.41. The average molecular weight is 343 g/mol. The Kier molecular flexibility index (Phi) is 4.73. The van der Waals surface area contributed by atoms with Crippen LogP contribution in [0.4, 0.5) is 0 Å². The van der Waals surface area contributed by atoms with E-state index in [-0.39, 0.29) is 10.8 Å². The first-order valence-corrected chi connectivity index (χ1v) is 8.55. The Balaban J connectivity index is 2.64. The number of rotatable bonds is 3. The summed E-state index contributed by atoms with van der Waals surface area (Å²) in [5.74, 6) is -0.0835. The van der Waals surface area contributed by atoms with Gasteiger partial charge in [0.05, 0.1) is 5.69 Å². The van der Waals surface area contributed by atoms with Crippen LogP contribution >= 0.6 is 0 Å². The van der Waals surface area contributed by atoms with E-state index in [4.69, 9.17) is 5.73 Å². The van der Waals surface area contributed by atoms with E-state index in [2.05, 4.69) is 46.6 Å². The van der Waals surface area contributed by atoms with E-state index in [1.165, 1.54) is 0 Å². The van der Waals surface area contributed by atoms with Crippen molar-refractivity contribution in [2.75, 3.05) is 0 Å². The summed E-state index contributed by atoms with van der Waals surface area (Å²) in [5.41, 5.74) is 8.39. The minimum Gasteiger partial charge on any atom is -0.507 e. The van der Waals surface area contributed by atoms with Crippen LogP contribution in [0.25, 0.3) is 11.3 Å². The fraction of sp³-hybridized carbons (Fsp3) is 0.500. The van der Waals surface area contributed by atoms with Crippen molar-refractivity contribution in [2.24, 2.45) is 5.73 Å². The number of benzene rings is 1. The number of hydrogen-bond donors (Lipinski definition) is 2. The number of phenols is 1. The molecule has 0 spiro atoms. The molecule has 1 unspecified atom stereocenters. The number of carbonyl (C=O) groups is 1. The number of amides is 1. The van der Waals surface area contributed by atoms with Crippen molar-refractivity contribution in [1.29, 1.82) is 0 Å². The van der Waals surface area contributed by atoms with E-state index in [9.17, 15) is 9.90 Å². The number of carbonyl (C=O) groups excluding carboxylic acids is 1. The van der Waals surface area contributed by atoms with Crippen molar-refractivity contribution in [3.05, 3.63) is 35.5 Å². The number of hydrogen-bond acceptors (Lipinski definition) is 3. The van der Waals surface area contributed by atoms with Gasteiger partial charge in [0.25, 0.3) is 0 Å². The van der Waals surface area contributed by atoms with Crippen LogP contribution in [-0.4, -0.2) is 20.8 Å². The fourth-order valence-electron chi connectivity index (χ4n) is 2.76. The van der Waals surface area contributed by atoms with E-state index >= 15 is 0 Å². The topological polar surface area (TPSA) is 81.1 Å². The van der Waals surface area contributed by atoms with Gasteiger partial charge in [0.15, 0.2) is 0 Å². The van der Waals surface area contributed by atoms with Crippen LogP contribution in [0.1, 0.15) is 65.6 Å². The maximum absolute atomic E-state index is 11.4. The van der Waals surface area contributed by atoms with Crippen LogP contribution in [-0.2, 0) is 15.6 Å². The molecule has 0 radical (unpaired) electrons. The van der Waals surface area contributed by atoms with Crippen molar-refractivity contribution in [3.63, 3.8) is 0 Å². The maximum atomic E-state index is 11.4. The van der Waals surface area contributed by atoms with Gasteiger partial charge >= 0.3 is 0 Å². The number of aromatic hydroxyl groups is 1. The Morgan fingerprint density at radius 1 is 1.12 bits per heavy atom. The summed E-state index contributed by atoms with van der Waals surface area (Å²) >= 11 is 0. The molecule has 0 fully saturated rings. The van der Waals surface area contributed by atoms with Gasteiger partial charge in [-0.1, -0.05) is 41.5 Å². The molecular weight excluding hydrogens is 314 g/mol. The Labute approximate surface area is 149 Å². The van der Waals surface area contributed by atoms with Crippen LogP contribution in [0.15, 0.2) is 24.4 Å². The van der Waals surface area contributed by atoms with E-state index in [1.54, 1.807) is 17.8 Å². The first kappa shape index (κ1) is 19.0. The molecule has 5 heteroatoms. The summed E-state index contributed by atoms with van der Waals surface area (Å²) < 4.78 is 1.57. The van der Waals surface area contributed by atoms with Gasteiger partial charge in [0, 0.05) is 22.9 Å². The van der Waals surface area contributed by atoms with Crippen LogP contribution in [0.2, 0.25) is 0 Å². The van der Waals surface area contributed by atoms with Gasteiger partial charge in [0.1, 0.15) is 11.8 Å². The third-order valence-corrected chi connectivity index (χ3v) is 4.44. The lowest BCUT2D eigenvalue weighted by Crippen LogP contribution is -2.24. The monoisotopic (exact) mass is 343 g/mol. The van der Waals surface area contributed by atoms with Gasteiger partial charge in [-0.25, -0.2) is 0 Å². The minimum absolute atomic E-state index is 0.205. The summed E-state index contributed by atoms with van der Waals surface area (Å²) in [6.07, 6.45) is 1.76. The molecule has 5 nitrogen and oxygen atoms in total. The number of nitrogens with zero attached hydrogens (tertiary/aromatic N) is 2. The molecule has 25 heavy (non-hydrogen) atoms. The van der Waals surface area contributed by atoms with Gasteiger partial charge in [0.2, 0.25) is 5.91 Å². The molecule has 1 aromatic carbocycles. The molecule has 1 atom stereocenters. The second kappa shape index (κ2) is 6.21. The molecule has 0 aliphatic carbocycles. The lowest BCUT2D eigenvalue weighted by Gasteiger charge is -2.28. The first-order valence-electron chi connectivity index (χ1n) is 8.55.